The number of imidazole rings is 1. The second-order valence-corrected chi connectivity index (χ2v) is 4.14. The Labute approximate surface area is 104 Å². The normalized spacial score (nSPS) is 10.6. The molecule has 0 saturated heterocycles. The van der Waals surface area contributed by atoms with Gasteiger partial charge in [0.1, 0.15) is 11.6 Å². The summed E-state index contributed by atoms with van der Waals surface area (Å²) in [7, 11) is 0. The van der Waals surface area contributed by atoms with Crippen molar-refractivity contribution in [2.24, 2.45) is 0 Å². The van der Waals surface area contributed by atoms with E-state index in [1.807, 2.05) is 24.7 Å². The van der Waals surface area contributed by atoms with Gasteiger partial charge in [-0.25, -0.2) is 9.97 Å². The molecule has 0 fully saturated rings. The Morgan fingerprint density at radius 2 is 2.19 bits per heavy atom. The molecule has 0 aliphatic heterocycles. The van der Waals surface area contributed by atoms with Crippen molar-refractivity contribution < 1.29 is 0 Å². The van der Waals surface area contributed by atoms with Gasteiger partial charge in [-0.05, 0) is 12.5 Å². The Morgan fingerprint density at radius 1 is 1.31 bits per heavy atom. The molecule has 0 amide bonds. The van der Waals surface area contributed by atoms with E-state index < -0.39 is 0 Å². The number of alkyl halides is 1. The summed E-state index contributed by atoms with van der Waals surface area (Å²) in [6.45, 7) is 2.16. The lowest BCUT2D eigenvalue weighted by Gasteiger charge is -2.09. The van der Waals surface area contributed by atoms with Crippen LogP contribution < -0.4 is 0 Å². The lowest BCUT2D eigenvalue weighted by atomic mass is 10.2. The molecule has 0 atom stereocenters. The van der Waals surface area contributed by atoms with Gasteiger partial charge in [-0.2, -0.15) is 0 Å². The van der Waals surface area contributed by atoms with Gasteiger partial charge in [0.2, 0.25) is 0 Å². The average molecular weight is 280 g/mol. The maximum absolute atomic E-state index is 4.43. The minimum Gasteiger partial charge on any atom is -0.288 e. The molecule has 0 spiro atoms. The number of nitrogens with zero attached hydrogens (tertiary/aromatic N) is 3. The standard InChI is InChI=1S/C12H14BrN3/c1-2-4-11-14-7-8-16(11)12-10(9-13)5-3-6-15-12/h3,5-8H,2,4,9H2,1H3. The Hall–Kier alpha value is -1.16. The van der Waals surface area contributed by atoms with E-state index >= 15 is 0 Å². The van der Waals surface area contributed by atoms with E-state index in [4.69, 9.17) is 0 Å². The monoisotopic (exact) mass is 279 g/mol. The van der Waals surface area contributed by atoms with Crippen LogP contribution in [0.2, 0.25) is 0 Å². The highest BCUT2D eigenvalue weighted by Gasteiger charge is 2.08. The van der Waals surface area contributed by atoms with Crippen molar-refractivity contribution in [3.8, 4) is 5.82 Å². The molecule has 16 heavy (non-hydrogen) atoms. The van der Waals surface area contributed by atoms with Crippen LogP contribution in [-0.2, 0) is 11.8 Å². The zero-order valence-electron chi connectivity index (χ0n) is 9.23. The second kappa shape index (κ2) is 5.25. The van der Waals surface area contributed by atoms with Gasteiger partial charge in [0, 0.05) is 35.9 Å². The summed E-state index contributed by atoms with van der Waals surface area (Å²) in [4.78, 5) is 8.79. The quantitative estimate of drug-likeness (QED) is 0.806. The number of aromatic nitrogens is 3. The summed E-state index contributed by atoms with van der Waals surface area (Å²) in [5.74, 6) is 2.05. The largest absolute Gasteiger partial charge is 0.288 e. The van der Waals surface area contributed by atoms with Gasteiger partial charge >= 0.3 is 0 Å². The van der Waals surface area contributed by atoms with E-state index in [0.29, 0.717) is 0 Å². The predicted molar refractivity (Wildman–Crippen MR) is 68.0 cm³/mol. The third-order valence-corrected chi connectivity index (χ3v) is 3.03. The number of rotatable bonds is 4. The highest BCUT2D eigenvalue weighted by molar-refractivity contribution is 9.08. The van der Waals surface area contributed by atoms with Gasteiger partial charge in [-0.1, -0.05) is 28.9 Å². The van der Waals surface area contributed by atoms with E-state index in [2.05, 4.69) is 43.5 Å². The molecule has 0 N–H and O–H groups in total. The highest BCUT2D eigenvalue weighted by Crippen LogP contribution is 2.16. The molecule has 0 bridgehead atoms. The van der Waals surface area contributed by atoms with E-state index in [-0.39, 0.29) is 0 Å². The van der Waals surface area contributed by atoms with Crippen molar-refractivity contribution in [2.75, 3.05) is 0 Å². The molecular formula is C12H14BrN3. The van der Waals surface area contributed by atoms with Crippen LogP contribution in [0.25, 0.3) is 5.82 Å². The number of pyridine rings is 1. The van der Waals surface area contributed by atoms with Gasteiger partial charge in [0.25, 0.3) is 0 Å². The van der Waals surface area contributed by atoms with Crippen LogP contribution in [-0.4, -0.2) is 14.5 Å². The Bertz CT molecular complexity index is 465. The number of halogens is 1. The molecule has 2 aromatic rings. The molecule has 2 heterocycles. The minimum absolute atomic E-state index is 0.805. The van der Waals surface area contributed by atoms with Crippen molar-refractivity contribution in [3.05, 3.63) is 42.1 Å². The maximum atomic E-state index is 4.43. The summed E-state index contributed by atoms with van der Waals surface area (Å²) in [6.07, 6.45) is 7.69. The first-order valence-corrected chi connectivity index (χ1v) is 6.51. The molecule has 0 aliphatic carbocycles. The van der Waals surface area contributed by atoms with Gasteiger partial charge in [-0.3, -0.25) is 4.57 Å². The molecule has 2 aromatic heterocycles. The maximum Gasteiger partial charge on any atom is 0.142 e. The summed E-state index contributed by atoms with van der Waals surface area (Å²) < 4.78 is 2.07. The van der Waals surface area contributed by atoms with E-state index in [9.17, 15) is 0 Å². The molecule has 4 heteroatoms. The van der Waals surface area contributed by atoms with Crippen molar-refractivity contribution >= 4 is 15.9 Å². The first kappa shape index (κ1) is 11.3. The van der Waals surface area contributed by atoms with Gasteiger partial charge in [-0.15, -0.1) is 0 Å². The van der Waals surface area contributed by atoms with Crippen LogP contribution in [0.3, 0.4) is 0 Å². The molecular weight excluding hydrogens is 266 g/mol. The number of aryl methyl sites for hydroxylation is 1. The van der Waals surface area contributed by atoms with Crippen molar-refractivity contribution in [3.63, 3.8) is 0 Å². The Kier molecular flexibility index (Phi) is 3.72. The van der Waals surface area contributed by atoms with Crippen LogP contribution in [0.15, 0.2) is 30.7 Å². The highest BCUT2D eigenvalue weighted by atomic mass is 79.9. The second-order valence-electron chi connectivity index (χ2n) is 3.58. The van der Waals surface area contributed by atoms with Gasteiger partial charge in [0.15, 0.2) is 0 Å². The van der Waals surface area contributed by atoms with Crippen molar-refractivity contribution in [1.29, 1.82) is 0 Å². The first-order chi connectivity index (χ1) is 7.86. The molecule has 0 aromatic carbocycles. The lowest BCUT2D eigenvalue weighted by Crippen LogP contribution is -2.05. The summed E-state index contributed by atoms with van der Waals surface area (Å²) in [5, 5.41) is 0.805. The van der Waals surface area contributed by atoms with E-state index in [0.717, 1.165) is 29.8 Å². The Morgan fingerprint density at radius 3 is 2.94 bits per heavy atom. The smallest absolute Gasteiger partial charge is 0.142 e. The number of hydrogen-bond donors (Lipinski definition) is 0. The zero-order valence-corrected chi connectivity index (χ0v) is 10.8. The Balaban J connectivity index is 2.45. The fourth-order valence-corrected chi connectivity index (χ4v) is 2.12. The molecule has 0 saturated carbocycles. The van der Waals surface area contributed by atoms with Crippen molar-refractivity contribution in [1.82, 2.24) is 14.5 Å². The van der Waals surface area contributed by atoms with E-state index in [1.54, 1.807) is 0 Å². The lowest BCUT2D eigenvalue weighted by molar-refractivity contribution is 0.794. The van der Waals surface area contributed by atoms with Crippen LogP contribution in [0.5, 0.6) is 0 Å². The van der Waals surface area contributed by atoms with Crippen LogP contribution in [0, 0.1) is 0 Å². The molecule has 0 radical (unpaired) electrons. The predicted octanol–water partition coefficient (Wildman–Crippen LogP) is 3.11. The third kappa shape index (κ3) is 2.16. The van der Waals surface area contributed by atoms with Gasteiger partial charge < -0.3 is 0 Å². The topological polar surface area (TPSA) is 30.7 Å². The molecule has 84 valence electrons. The molecule has 0 unspecified atom stereocenters. The fraction of sp³-hybridized carbons (Fsp3) is 0.333. The summed E-state index contributed by atoms with van der Waals surface area (Å²) in [6, 6.07) is 4.03. The van der Waals surface area contributed by atoms with Gasteiger partial charge in [0.05, 0.1) is 0 Å². The van der Waals surface area contributed by atoms with Crippen molar-refractivity contribution in [2.45, 2.75) is 25.1 Å². The first-order valence-electron chi connectivity index (χ1n) is 5.39. The fourth-order valence-electron chi connectivity index (χ4n) is 1.69. The summed E-state index contributed by atoms with van der Waals surface area (Å²) >= 11 is 3.48. The van der Waals surface area contributed by atoms with Crippen LogP contribution in [0.4, 0.5) is 0 Å². The van der Waals surface area contributed by atoms with Crippen LogP contribution >= 0.6 is 15.9 Å². The van der Waals surface area contributed by atoms with E-state index in [1.165, 1.54) is 5.56 Å². The molecule has 0 aliphatic rings. The third-order valence-electron chi connectivity index (χ3n) is 2.43. The zero-order chi connectivity index (χ0) is 11.4. The SMILES string of the molecule is CCCc1nccn1-c1ncccc1CBr. The molecule has 2 rings (SSSR count). The number of hydrogen-bond acceptors (Lipinski definition) is 2. The minimum atomic E-state index is 0.805. The molecule has 3 nitrogen and oxygen atoms in total. The summed E-state index contributed by atoms with van der Waals surface area (Å²) in [5.41, 5.74) is 1.18. The average Bonchev–Trinajstić information content (AvgIpc) is 2.77. The van der Waals surface area contributed by atoms with Crippen LogP contribution in [0.1, 0.15) is 24.7 Å².